The number of benzene rings is 1. The van der Waals surface area contributed by atoms with Crippen LogP contribution in [-0.4, -0.2) is 25.0 Å². The highest BCUT2D eigenvalue weighted by Gasteiger charge is 2.41. The highest BCUT2D eigenvalue weighted by Crippen LogP contribution is 2.45. The number of aryl methyl sites for hydroxylation is 2. The number of nitrogens with zero attached hydrogens (tertiary/aromatic N) is 1. The summed E-state index contributed by atoms with van der Waals surface area (Å²) in [7, 11) is 2.23. The zero-order valence-corrected chi connectivity index (χ0v) is 12.1. The van der Waals surface area contributed by atoms with E-state index >= 15 is 0 Å². The van der Waals surface area contributed by atoms with E-state index in [1.807, 2.05) is 0 Å². The second-order valence-corrected chi connectivity index (χ2v) is 6.69. The number of rotatable bonds is 5. The third-order valence-corrected chi connectivity index (χ3v) is 4.86. The van der Waals surface area contributed by atoms with Crippen molar-refractivity contribution in [2.24, 2.45) is 11.1 Å². The summed E-state index contributed by atoms with van der Waals surface area (Å²) in [4.78, 5) is 2.45. The Hall–Kier alpha value is -0.860. The van der Waals surface area contributed by atoms with Crippen molar-refractivity contribution >= 4 is 0 Å². The highest BCUT2D eigenvalue weighted by atomic mass is 15.1. The summed E-state index contributed by atoms with van der Waals surface area (Å²) in [5.74, 6) is 0. The molecule has 0 aromatic heterocycles. The van der Waals surface area contributed by atoms with Crippen LogP contribution in [0.15, 0.2) is 18.2 Å². The largest absolute Gasteiger partial charge is 0.330 e. The smallest absolute Gasteiger partial charge is 0.0231 e. The van der Waals surface area contributed by atoms with Crippen molar-refractivity contribution in [3.05, 3.63) is 34.9 Å². The summed E-state index contributed by atoms with van der Waals surface area (Å²) >= 11 is 0. The molecule has 0 radical (unpaired) electrons. The summed E-state index contributed by atoms with van der Waals surface area (Å²) in [6.45, 7) is 3.07. The van der Waals surface area contributed by atoms with E-state index in [9.17, 15) is 0 Å². The molecule has 2 aliphatic rings. The van der Waals surface area contributed by atoms with Crippen LogP contribution >= 0.6 is 0 Å². The standard InChI is InChI=1S/C17H26N2/c1-19(13-17(12-18)8-9-17)11-14-6-7-15-4-2-3-5-16(15)10-14/h6-7,10H,2-5,8-9,11-13,18H2,1H3. The Kier molecular flexibility index (Phi) is 3.64. The van der Waals surface area contributed by atoms with Crippen LogP contribution in [0.4, 0.5) is 0 Å². The zero-order chi connectivity index (χ0) is 13.3. The maximum Gasteiger partial charge on any atom is 0.0231 e. The molecule has 0 aliphatic heterocycles. The van der Waals surface area contributed by atoms with Crippen LogP contribution < -0.4 is 5.73 Å². The van der Waals surface area contributed by atoms with E-state index in [2.05, 4.69) is 30.1 Å². The maximum absolute atomic E-state index is 5.87. The van der Waals surface area contributed by atoms with Gasteiger partial charge in [0.15, 0.2) is 0 Å². The summed E-state index contributed by atoms with van der Waals surface area (Å²) in [5.41, 5.74) is 11.0. The fourth-order valence-electron chi connectivity index (χ4n) is 3.43. The van der Waals surface area contributed by atoms with Gasteiger partial charge in [0, 0.05) is 13.1 Å². The molecule has 3 rings (SSSR count). The van der Waals surface area contributed by atoms with Gasteiger partial charge < -0.3 is 10.6 Å². The molecule has 0 atom stereocenters. The number of fused-ring (bicyclic) bond motifs is 1. The normalized spacial score (nSPS) is 20.4. The molecule has 0 heterocycles. The number of nitrogens with two attached hydrogens (primary N) is 1. The van der Waals surface area contributed by atoms with Crippen LogP contribution in [0.1, 0.15) is 42.4 Å². The molecule has 1 saturated carbocycles. The van der Waals surface area contributed by atoms with Gasteiger partial charge in [0.05, 0.1) is 0 Å². The van der Waals surface area contributed by atoms with E-state index in [4.69, 9.17) is 5.73 Å². The highest BCUT2D eigenvalue weighted by molar-refractivity contribution is 5.33. The minimum absolute atomic E-state index is 0.447. The summed E-state index contributed by atoms with van der Waals surface area (Å²) in [5, 5.41) is 0. The summed E-state index contributed by atoms with van der Waals surface area (Å²) < 4.78 is 0. The predicted octanol–water partition coefficient (Wildman–Crippen LogP) is 2.74. The average molecular weight is 258 g/mol. The van der Waals surface area contributed by atoms with E-state index in [0.717, 1.165) is 19.6 Å². The molecule has 0 spiro atoms. The molecule has 1 aromatic rings. The molecule has 2 nitrogen and oxygen atoms in total. The van der Waals surface area contributed by atoms with Gasteiger partial charge in [-0.25, -0.2) is 0 Å². The van der Waals surface area contributed by atoms with E-state index in [0.29, 0.717) is 5.41 Å². The van der Waals surface area contributed by atoms with Crippen molar-refractivity contribution in [1.29, 1.82) is 0 Å². The molecule has 19 heavy (non-hydrogen) atoms. The van der Waals surface area contributed by atoms with Crippen molar-refractivity contribution in [3.8, 4) is 0 Å². The van der Waals surface area contributed by atoms with Gasteiger partial charge in [0.2, 0.25) is 0 Å². The third kappa shape index (κ3) is 3.01. The van der Waals surface area contributed by atoms with Gasteiger partial charge in [-0.2, -0.15) is 0 Å². The molecule has 1 aromatic carbocycles. The Morgan fingerprint density at radius 1 is 1.16 bits per heavy atom. The van der Waals surface area contributed by atoms with Crippen molar-refractivity contribution < 1.29 is 0 Å². The maximum atomic E-state index is 5.87. The Labute approximate surface area is 117 Å². The fourth-order valence-corrected chi connectivity index (χ4v) is 3.43. The van der Waals surface area contributed by atoms with Crippen LogP contribution in [0.2, 0.25) is 0 Å². The molecule has 2 N–H and O–H groups in total. The second kappa shape index (κ2) is 5.26. The lowest BCUT2D eigenvalue weighted by molar-refractivity contribution is 0.259. The SMILES string of the molecule is CN(Cc1ccc2c(c1)CCCC2)CC1(CN)CC1. The summed E-state index contributed by atoms with van der Waals surface area (Å²) in [6, 6.07) is 7.11. The van der Waals surface area contributed by atoms with Crippen LogP contribution in [0, 0.1) is 5.41 Å². The quantitative estimate of drug-likeness (QED) is 0.880. The Morgan fingerprint density at radius 2 is 1.89 bits per heavy atom. The molecule has 0 amide bonds. The van der Waals surface area contributed by atoms with Crippen LogP contribution in [0.25, 0.3) is 0 Å². The van der Waals surface area contributed by atoms with Gasteiger partial charge >= 0.3 is 0 Å². The van der Waals surface area contributed by atoms with Crippen molar-refractivity contribution in [2.75, 3.05) is 20.1 Å². The topological polar surface area (TPSA) is 29.3 Å². The van der Waals surface area contributed by atoms with E-state index in [1.54, 1.807) is 11.1 Å². The van der Waals surface area contributed by atoms with Crippen molar-refractivity contribution in [3.63, 3.8) is 0 Å². The van der Waals surface area contributed by atoms with Gasteiger partial charge in [-0.3, -0.25) is 0 Å². The summed E-state index contributed by atoms with van der Waals surface area (Å²) in [6.07, 6.45) is 7.92. The Balaban J connectivity index is 1.63. The Bertz CT molecular complexity index is 449. The van der Waals surface area contributed by atoms with E-state index < -0.39 is 0 Å². The lowest BCUT2D eigenvalue weighted by Gasteiger charge is -2.23. The first-order valence-electron chi connectivity index (χ1n) is 7.70. The minimum Gasteiger partial charge on any atom is -0.330 e. The third-order valence-electron chi connectivity index (χ3n) is 4.86. The van der Waals surface area contributed by atoms with Crippen LogP contribution in [0.5, 0.6) is 0 Å². The lowest BCUT2D eigenvalue weighted by atomic mass is 9.90. The minimum atomic E-state index is 0.447. The first-order valence-corrected chi connectivity index (χ1v) is 7.70. The van der Waals surface area contributed by atoms with Gasteiger partial charge in [-0.15, -0.1) is 0 Å². The predicted molar refractivity (Wildman–Crippen MR) is 80.1 cm³/mol. The van der Waals surface area contributed by atoms with Gasteiger partial charge in [-0.05, 0) is 74.2 Å². The molecule has 104 valence electrons. The zero-order valence-electron chi connectivity index (χ0n) is 12.1. The first-order chi connectivity index (χ1) is 9.21. The van der Waals surface area contributed by atoms with Crippen molar-refractivity contribution in [1.82, 2.24) is 4.90 Å². The second-order valence-electron chi connectivity index (χ2n) is 6.69. The van der Waals surface area contributed by atoms with Gasteiger partial charge in [0.1, 0.15) is 0 Å². The van der Waals surface area contributed by atoms with Gasteiger partial charge in [-0.1, -0.05) is 18.2 Å². The molecule has 1 fully saturated rings. The molecule has 0 saturated heterocycles. The molecule has 0 unspecified atom stereocenters. The monoisotopic (exact) mass is 258 g/mol. The average Bonchev–Trinajstić information content (AvgIpc) is 3.19. The lowest BCUT2D eigenvalue weighted by Crippen LogP contribution is -2.31. The Morgan fingerprint density at radius 3 is 2.58 bits per heavy atom. The van der Waals surface area contributed by atoms with Crippen molar-refractivity contribution in [2.45, 2.75) is 45.1 Å². The number of hydrogen-bond donors (Lipinski definition) is 1. The van der Waals surface area contributed by atoms with Crippen LogP contribution in [-0.2, 0) is 19.4 Å². The number of hydrogen-bond acceptors (Lipinski definition) is 2. The molecule has 2 heteroatoms. The van der Waals surface area contributed by atoms with Crippen LogP contribution in [0.3, 0.4) is 0 Å². The molecular formula is C17H26N2. The first kappa shape index (κ1) is 13.1. The van der Waals surface area contributed by atoms with Gasteiger partial charge in [0.25, 0.3) is 0 Å². The molecular weight excluding hydrogens is 232 g/mol. The molecule has 0 bridgehead atoms. The van der Waals surface area contributed by atoms with E-state index in [1.165, 1.54) is 44.1 Å². The molecule has 2 aliphatic carbocycles. The fraction of sp³-hybridized carbons (Fsp3) is 0.647. The van der Waals surface area contributed by atoms with E-state index in [-0.39, 0.29) is 0 Å².